The Bertz CT molecular complexity index is 1120. The average molecular weight is 457 g/mol. The van der Waals surface area contributed by atoms with E-state index in [0.29, 0.717) is 17.0 Å². The van der Waals surface area contributed by atoms with Crippen LogP contribution in [0.1, 0.15) is 11.8 Å². The molecule has 5 atom stereocenters. The van der Waals surface area contributed by atoms with Gasteiger partial charge in [0.05, 0.1) is 25.0 Å². The van der Waals surface area contributed by atoms with Crippen LogP contribution in [0.25, 0.3) is 11.2 Å². The van der Waals surface area contributed by atoms with Crippen LogP contribution in [0, 0.1) is 0 Å². The van der Waals surface area contributed by atoms with Gasteiger partial charge in [-0.2, -0.15) is 0 Å². The SMILES string of the molecule is CN(C)c1ncnc2c1ncn2C1OC(CO)C(NC(=O)C(N)Cc2ccc(O)cc2)C1O. The summed E-state index contributed by atoms with van der Waals surface area (Å²) >= 11 is 0. The number of imidazole rings is 1. The predicted octanol–water partition coefficient (Wildman–Crippen LogP) is -1.10. The lowest BCUT2D eigenvalue weighted by Gasteiger charge is -2.23. The van der Waals surface area contributed by atoms with Gasteiger partial charge in [0.2, 0.25) is 5.91 Å². The minimum absolute atomic E-state index is 0.120. The first-order valence-electron chi connectivity index (χ1n) is 10.4. The molecule has 12 nitrogen and oxygen atoms in total. The van der Waals surface area contributed by atoms with Crippen LogP contribution in [0.2, 0.25) is 0 Å². The molecule has 12 heteroatoms. The molecule has 0 aliphatic carbocycles. The number of aliphatic hydroxyl groups is 2. The molecule has 0 spiro atoms. The van der Waals surface area contributed by atoms with Gasteiger partial charge in [-0.05, 0) is 24.1 Å². The molecule has 1 aliphatic rings. The molecule has 4 rings (SSSR count). The Balaban J connectivity index is 1.51. The summed E-state index contributed by atoms with van der Waals surface area (Å²) in [5.74, 6) is 0.229. The van der Waals surface area contributed by atoms with Crippen molar-refractivity contribution in [1.82, 2.24) is 24.8 Å². The standard InChI is InChI=1S/C21H27N7O5/c1-27(2)18-16-19(24-9-23-18)28(10-25-16)21-17(31)15(14(8-29)33-21)26-20(32)13(22)7-11-3-5-12(30)6-4-11/h3-6,9-10,13-15,17,21,29-31H,7-8,22H2,1-2H3,(H,26,32). The number of phenols is 1. The third-order valence-corrected chi connectivity index (χ3v) is 5.63. The summed E-state index contributed by atoms with van der Waals surface area (Å²) in [7, 11) is 3.66. The van der Waals surface area contributed by atoms with Crippen molar-refractivity contribution >= 4 is 22.9 Å². The van der Waals surface area contributed by atoms with E-state index in [-0.39, 0.29) is 12.2 Å². The molecule has 5 unspecified atom stereocenters. The number of carbonyl (C=O) groups is 1. The first-order valence-corrected chi connectivity index (χ1v) is 10.4. The highest BCUT2D eigenvalue weighted by molar-refractivity contribution is 5.83. The summed E-state index contributed by atoms with van der Waals surface area (Å²) in [5, 5.41) is 32.9. The van der Waals surface area contributed by atoms with Crippen LogP contribution in [0.3, 0.4) is 0 Å². The Labute approximate surface area is 189 Å². The van der Waals surface area contributed by atoms with Crippen LogP contribution in [0.4, 0.5) is 5.82 Å². The molecule has 176 valence electrons. The second-order valence-corrected chi connectivity index (χ2v) is 8.17. The van der Waals surface area contributed by atoms with Gasteiger partial charge in [-0.3, -0.25) is 9.36 Å². The van der Waals surface area contributed by atoms with Gasteiger partial charge in [-0.25, -0.2) is 15.0 Å². The average Bonchev–Trinajstić information content (AvgIpc) is 3.36. The second-order valence-electron chi connectivity index (χ2n) is 8.17. The summed E-state index contributed by atoms with van der Waals surface area (Å²) in [4.78, 5) is 27.4. The van der Waals surface area contributed by atoms with Crippen molar-refractivity contribution in [3.05, 3.63) is 42.5 Å². The van der Waals surface area contributed by atoms with Crippen LogP contribution in [0.5, 0.6) is 5.75 Å². The molecule has 1 aliphatic heterocycles. The van der Waals surface area contributed by atoms with Crippen LogP contribution in [0.15, 0.2) is 36.9 Å². The number of ether oxygens (including phenoxy) is 1. The fourth-order valence-corrected chi connectivity index (χ4v) is 3.91. The van der Waals surface area contributed by atoms with E-state index in [4.69, 9.17) is 10.5 Å². The molecule has 1 fully saturated rings. The van der Waals surface area contributed by atoms with Gasteiger partial charge in [0.1, 0.15) is 24.3 Å². The zero-order valence-corrected chi connectivity index (χ0v) is 18.2. The Morgan fingerprint density at radius 1 is 1.27 bits per heavy atom. The van der Waals surface area contributed by atoms with Crippen molar-refractivity contribution in [1.29, 1.82) is 0 Å². The number of amides is 1. The smallest absolute Gasteiger partial charge is 0.237 e. The number of carbonyl (C=O) groups excluding carboxylic acids is 1. The quantitative estimate of drug-likeness (QED) is 0.293. The van der Waals surface area contributed by atoms with E-state index in [9.17, 15) is 20.1 Å². The van der Waals surface area contributed by atoms with Gasteiger partial charge in [0.15, 0.2) is 23.2 Å². The van der Waals surface area contributed by atoms with Crippen LogP contribution in [-0.4, -0.2) is 85.7 Å². The molecular formula is C21H27N7O5. The lowest BCUT2D eigenvalue weighted by Crippen LogP contribution is -2.53. The van der Waals surface area contributed by atoms with Gasteiger partial charge in [-0.15, -0.1) is 0 Å². The monoisotopic (exact) mass is 457 g/mol. The Hall–Kier alpha value is -3.32. The number of aromatic hydroxyl groups is 1. The minimum atomic E-state index is -1.19. The van der Waals surface area contributed by atoms with Gasteiger partial charge in [0.25, 0.3) is 0 Å². The summed E-state index contributed by atoms with van der Waals surface area (Å²) in [6, 6.07) is 4.59. The second kappa shape index (κ2) is 9.27. The van der Waals surface area contributed by atoms with E-state index in [0.717, 1.165) is 5.56 Å². The molecule has 3 aromatic rings. The highest BCUT2D eigenvalue weighted by Gasteiger charge is 2.46. The summed E-state index contributed by atoms with van der Waals surface area (Å²) in [5.41, 5.74) is 7.80. The molecule has 0 saturated carbocycles. The van der Waals surface area contributed by atoms with Gasteiger partial charge < -0.3 is 36.0 Å². The van der Waals surface area contributed by atoms with E-state index in [1.165, 1.54) is 24.8 Å². The number of aromatic nitrogens is 4. The molecule has 33 heavy (non-hydrogen) atoms. The minimum Gasteiger partial charge on any atom is -0.508 e. The van der Waals surface area contributed by atoms with Gasteiger partial charge in [0, 0.05) is 14.1 Å². The largest absolute Gasteiger partial charge is 0.508 e. The number of anilines is 1. The molecule has 0 bridgehead atoms. The lowest BCUT2D eigenvalue weighted by molar-refractivity contribution is -0.124. The maximum atomic E-state index is 12.7. The van der Waals surface area contributed by atoms with Crippen LogP contribution < -0.4 is 16.0 Å². The predicted molar refractivity (Wildman–Crippen MR) is 118 cm³/mol. The number of hydrogen-bond donors (Lipinski definition) is 5. The molecule has 3 heterocycles. The highest BCUT2D eigenvalue weighted by atomic mass is 16.5. The fraction of sp³-hybridized carbons (Fsp3) is 0.429. The first-order chi connectivity index (χ1) is 15.8. The molecule has 1 saturated heterocycles. The van der Waals surface area contributed by atoms with E-state index in [1.54, 1.807) is 21.6 Å². The first kappa shape index (κ1) is 22.9. The number of benzene rings is 1. The maximum Gasteiger partial charge on any atom is 0.237 e. The van der Waals surface area contributed by atoms with E-state index >= 15 is 0 Å². The Morgan fingerprint density at radius 3 is 2.67 bits per heavy atom. The number of aliphatic hydroxyl groups excluding tert-OH is 2. The normalized spacial score (nSPS) is 23.5. The van der Waals surface area contributed by atoms with Crippen LogP contribution >= 0.6 is 0 Å². The zero-order chi connectivity index (χ0) is 23.7. The number of fused-ring (bicyclic) bond motifs is 1. The lowest BCUT2D eigenvalue weighted by atomic mass is 10.0. The Morgan fingerprint density at radius 2 is 2.00 bits per heavy atom. The topological polar surface area (TPSA) is 172 Å². The molecule has 2 aromatic heterocycles. The van der Waals surface area contributed by atoms with E-state index in [1.807, 2.05) is 14.1 Å². The van der Waals surface area contributed by atoms with Crippen molar-refractivity contribution in [2.75, 3.05) is 25.6 Å². The van der Waals surface area contributed by atoms with Crippen molar-refractivity contribution in [2.24, 2.45) is 5.73 Å². The third kappa shape index (κ3) is 4.46. The third-order valence-electron chi connectivity index (χ3n) is 5.63. The molecule has 1 amide bonds. The van der Waals surface area contributed by atoms with Gasteiger partial charge in [-0.1, -0.05) is 12.1 Å². The number of phenolic OH excluding ortho intramolecular Hbond substituents is 1. The number of nitrogens with one attached hydrogen (secondary N) is 1. The maximum absolute atomic E-state index is 12.7. The van der Waals surface area contributed by atoms with E-state index in [2.05, 4.69) is 20.3 Å². The Kier molecular flexibility index (Phi) is 6.42. The van der Waals surface area contributed by atoms with Crippen molar-refractivity contribution in [2.45, 2.75) is 36.9 Å². The molecule has 1 aromatic carbocycles. The number of nitrogens with zero attached hydrogens (tertiary/aromatic N) is 5. The van der Waals surface area contributed by atoms with Gasteiger partial charge >= 0.3 is 0 Å². The molecule has 6 N–H and O–H groups in total. The molecule has 0 radical (unpaired) electrons. The summed E-state index contributed by atoms with van der Waals surface area (Å²) < 4.78 is 7.42. The van der Waals surface area contributed by atoms with Crippen LogP contribution in [-0.2, 0) is 16.0 Å². The number of rotatable bonds is 7. The molecular weight excluding hydrogens is 430 g/mol. The summed E-state index contributed by atoms with van der Waals surface area (Å²) in [6.07, 6.45) is 0.122. The highest BCUT2D eigenvalue weighted by Crippen LogP contribution is 2.32. The summed E-state index contributed by atoms with van der Waals surface area (Å²) in [6.45, 7) is -0.420. The number of nitrogens with two attached hydrogens (primary N) is 1. The zero-order valence-electron chi connectivity index (χ0n) is 18.2. The fourth-order valence-electron chi connectivity index (χ4n) is 3.91. The van der Waals surface area contributed by atoms with Crippen molar-refractivity contribution in [3.63, 3.8) is 0 Å². The van der Waals surface area contributed by atoms with Crippen molar-refractivity contribution in [3.8, 4) is 5.75 Å². The van der Waals surface area contributed by atoms with Crippen molar-refractivity contribution < 1.29 is 24.9 Å². The van der Waals surface area contributed by atoms with E-state index < -0.39 is 43.0 Å². The number of hydrogen-bond acceptors (Lipinski definition) is 10.